The molecule has 0 aliphatic heterocycles. The molecule has 10 heteroatoms. The maximum absolute atomic E-state index is 12.6. The molecule has 30 heavy (non-hydrogen) atoms. The van der Waals surface area contributed by atoms with Crippen molar-refractivity contribution in [3.8, 4) is 0 Å². The Bertz CT molecular complexity index is 1270. The zero-order valence-corrected chi connectivity index (χ0v) is 17.3. The van der Waals surface area contributed by atoms with Crippen molar-refractivity contribution in [2.75, 3.05) is 0 Å². The highest BCUT2D eigenvalue weighted by Gasteiger charge is 2.25. The van der Waals surface area contributed by atoms with Gasteiger partial charge in [0.1, 0.15) is 5.60 Å². The zero-order chi connectivity index (χ0) is 22.1. The van der Waals surface area contributed by atoms with Crippen LogP contribution in [0.2, 0.25) is 0 Å². The summed E-state index contributed by atoms with van der Waals surface area (Å²) in [6, 6.07) is 11.8. The Morgan fingerprint density at radius 2 is 1.77 bits per heavy atom. The van der Waals surface area contributed by atoms with Gasteiger partial charge >= 0.3 is 6.09 Å². The molecule has 0 amide bonds. The molecule has 1 heterocycles. The first kappa shape index (κ1) is 21.2. The van der Waals surface area contributed by atoms with Crippen LogP contribution in [0.1, 0.15) is 26.3 Å². The minimum absolute atomic E-state index is 0.346. The molecular formula is C20H19N3O6S. The summed E-state index contributed by atoms with van der Waals surface area (Å²) in [4.78, 5) is 22.4. The third-order valence-corrected chi connectivity index (χ3v) is 5.29. The smallest absolute Gasteiger partial charge is 0.419 e. The van der Waals surface area contributed by atoms with Crippen molar-refractivity contribution < 1.29 is 22.9 Å². The number of carbonyl (C=O) groups is 1. The van der Waals surface area contributed by atoms with Crippen molar-refractivity contribution in [1.29, 1.82) is 0 Å². The molecule has 3 rings (SSSR count). The lowest BCUT2D eigenvalue weighted by Crippen LogP contribution is -2.26. The second kappa shape index (κ2) is 7.71. The second-order valence-electron chi connectivity index (χ2n) is 7.39. The largest absolute Gasteiger partial charge is 0.443 e. The van der Waals surface area contributed by atoms with Crippen molar-refractivity contribution in [3.63, 3.8) is 0 Å². The molecule has 0 spiro atoms. The number of hydrogen-bond acceptors (Lipinski definition) is 6. The third-order valence-electron chi connectivity index (χ3n) is 4.00. The Balaban J connectivity index is 2.05. The van der Waals surface area contributed by atoms with Crippen LogP contribution >= 0.6 is 0 Å². The number of nitro groups is 1. The molecule has 2 aromatic carbocycles. The summed E-state index contributed by atoms with van der Waals surface area (Å²) < 4.78 is 35.5. The van der Waals surface area contributed by atoms with Gasteiger partial charge in [0, 0.05) is 29.4 Å². The van der Waals surface area contributed by atoms with Crippen molar-refractivity contribution in [1.82, 2.24) is 4.57 Å². The van der Waals surface area contributed by atoms with E-state index in [0.29, 0.717) is 16.5 Å². The number of rotatable bonds is 4. The Morgan fingerprint density at radius 1 is 1.13 bits per heavy atom. The van der Waals surface area contributed by atoms with E-state index in [1.807, 2.05) is 0 Å². The normalized spacial score (nSPS) is 12.4. The number of ether oxygens (including phenoxy) is 1. The summed E-state index contributed by atoms with van der Waals surface area (Å²) >= 11 is 0. The van der Waals surface area contributed by atoms with Gasteiger partial charge in [-0.05, 0) is 32.9 Å². The van der Waals surface area contributed by atoms with Crippen LogP contribution in [0.5, 0.6) is 0 Å². The van der Waals surface area contributed by atoms with Crippen LogP contribution in [-0.4, -0.2) is 35.8 Å². The molecule has 0 bridgehead atoms. The van der Waals surface area contributed by atoms with Crippen LogP contribution < -0.4 is 0 Å². The van der Waals surface area contributed by atoms with E-state index >= 15 is 0 Å². The number of para-hydroxylation sites is 2. The average molecular weight is 429 g/mol. The van der Waals surface area contributed by atoms with Gasteiger partial charge < -0.3 is 4.74 Å². The summed E-state index contributed by atoms with van der Waals surface area (Å²) in [5.74, 6) is 0. The number of nitro benzene ring substituents is 1. The van der Waals surface area contributed by atoms with Gasteiger partial charge in [0.25, 0.3) is 15.7 Å². The first-order valence-corrected chi connectivity index (χ1v) is 10.3. The van der Waals surface area contributed by atoms with Crippen molar-refractivity contribution in [2.45, 2.75) is 31.3 Å². The Kier molecular flexibility index (Phi) is 5.45. The SMILES string of the molecule is CC(C)(C)OC(=O)n1cc(/C=N/S(=O)(=O)c2ccccc2[N+](=O)[O-])c2ccccc21. The topological polar surface area (TPSA) is 121 Å². The summed E-state index contributed by atoms with van der Waals surface area (Å²) in [7, 11) is -4.34. The molecule has 9 nitrogen and oxygen atoms in total. The lowest BCUT2D eigenvalue weighted by atomic mass is 10.2. The maximum Gasteiger partial charge on any atom is 0.419 e. The van der Waals surface area contributed by atoms with E-state index in [2.05, 4.69) is 4.40 Å². The van der Waals surface area contributed by atoms with Crippen LogP contribution in [0.15, 0.2) is 64.0 Å². The molecule has 0 radical (unpaired) electrons. The first-order valence-electron chi connectivity index (χ1n) is 8.87. The molecule has 0 N–H and O–H groups in total. The fourth-order valence-electron chi connectivity index (χ4n) is 2.78. The third kappa shape index (κ3) is 4.38. The van der Waals surface area contributed by atoms with Gasteiger partial charge in [0.05, 0.1) is 10.4 Å². The molecule has 156 valence electrons. The quantitative estimate of drug-likeness (QED) is 0.349. The Labute approximate surface area is 172 Å². The van der Waals surface area contributed by atoms with Gasteiger partial charge in [-0.2, -0.15) is 12.8 Å². The van der Waals surface area contributed by atoms with Crippen LogP contribution in [0.3, 0.4) is 0 Å². The lowest BCUT2D eigenvalue weighted by molar-refractivity contribution is -0.387. The van der Waals surface area contributed by atoms with E-state index < -0.39 is 37.2 Å². The van der Waals surface area contributed by atoms with Crippen LogP contribution in [0.25, 0.3) is 10.9 Å². The predicted octanol–water partition coefficient (Wildman–Crippen LogP) is 4.14. The molecule has 0 unspecified atom stereocenters. The highest BCUT2D eigenvalue weighted by Crippen LogP contribution is 2.26. The summed E-state index contributed by atoms with van der Waals surface area (Å²) in [6.07, 6.45) is 1.85. The standard InChI is InChI=1S/C20H19N3O6S/c1-20(2,3)29-19(24)22-13-14(15-8-4-5-9-16(15)22)12-21-30(27,28)18-11-7-6-10-17(18)23(25)26/h4-13H,1-3H3/b21-12+. The number of sulfonamides is 1. The van der Waals surface area contributed by atoms with Gasteiger partial charge in [-0.25, -0.2) is 4.79 Å². The van der Waals surface area contributed by atoms with Crippen LogP contribution in [0, 0.1) is 10.1 Å². The zero-order valence-electron chi connectivity index (χ0n) is 16.5. The molecule has 0 saturated carbocycles. The van der Waals surface area contributed by atoms with Crippen molar-refractivity contribution >= 4 is 38.9 Å². The Morgan fingerprint density at radius 3 is 2.43 bits per heavy atom. The van der Waals surface area contributed by atoms with E-state index in [4.69, 9.17) is 4.74 Å². The fraction of sp³-hybridized carbons (Fsp3) is 0.200. The summed E-state index contributed by atoms with van der Waals surface area (Å²) in [6.45, 7) is 5.20. The molecule has 1 aromatic heterocycles. The van der Waals surface area contributed by atoms with Crippen molar-refractivity contribution in [2.24, 2.45) is 4.40 Å². The minimum atomic E-state index is -4.34. The van der Waals surface area contributed by atoms with E-state index in [0.717, 1.165) is 18.3 Å². The molecule has 0 aliphatic rings. The molecular weight excluding hydrogens is 410 g/mol. The molecule has 0 saturated heterocycles. The highest BCUT2D eigenvalue weighted by atomic mass is 32.2. The summed E-state index contributed by atoms with van der Waals surface area (Å²) in [5, 5.41) is 11.7. The number of hydrogen-bond donors (Lipinski definition) is 0. The van der Waals surface area contributed by atoms with E-state index in [1.165, 1.54) is 22.9 Å². The van der Waals surface area contributed by atoms with Crippen LogP contribution in [0.4, 0.5) is 10.5 Å². The minimum Gasteiger partial charge on any atom is -0.443 e. The van der Waals surface area contributed by atoms with Gasteiger partial charge in [-0.1, -0.05) is 30.3 Å². The highest BCUT2D eigenvalue weighted by molar-refractivity contribution is 7.90. The second-order valence-corrected chi connectivity index (χ2v) is 8.99. The fourth-order valence-corrected chi connectivity index (χ4v) is 3.80. The predicted molar refractivity (Wildman–Crippen MR) is 111 cm³/mol. The molecule has 0 atom stereocenters. The number of fused-ring (bicyclic) bond motifs is 1. The van der Waals surface area contributed by atoms with Gasteiger partial charge in [0.15, 0.2) is 4.90 Å². The monoisotopic (exact) mass is 429 g/mol. The first-order chi connectivity index (χ1) is 14.0. The molecule has 3 aromatic rings. The maximum atomic E-state index is 12.6. The number of aromatic nitrogens is 1. The average Bonchev–Trinajstić information content (AvgIpc) is 3.04. The molecule has 0 aliphatic carbocycles. The van der Waals surface area contributed by atoms with Gasteiger partial charge in [0.2, 0.25) is 0 Å². The number of nitrogens with zero attached hydrogens (tertiary/aromatic N) is 3. The van der Waals surface area contributed by atoms with E-state index in [-0.39, 0.29) is 0 Å². The Hall–Kier alpha value is -3.53. The van der Waals surface area contributed by atoms with E-state index in [9.17, 15) is 23.3 Å². The van der Waals surface area contributed by atoms with Crippen LogP contribution in [-0.2, 0) is 14.8 Å². The van der Waals surface area contributed by atoms with Gasteiger partial charge in [-0.3, -0.25) is 14.7 Å². The van der Waals surface area contributed by atoms with E-state index in [1.54, 1.807) is 45.0 Å². The number of carbonyl (C=O) groups excluding carboxylic acids is 1. The number of benzene rings is 2. The van der Waals surface area contributed by atoms with Crippen molar-refractivity contribution in [3.05, 3.63) is 70.4 Å². The molecule has 0 fully saturated rings. The van der Waals surface area contributed by atoms with Gasteiger partial charge in [-0.15, -0.1) is 0 Å². The lowest BCUT2D eigenvalue weighted by Gasteiger charge is -2.19. The summed E-state index contributed by atoms with van der Waals surface area (Å²) in [5.41, 5.74) is -0.424.